The van der Waals surface area contributed by atoms with Crippen LogP contribution in [0.4, 0.5) is 5.82 Å². The maximum absolute atomic E-state index is 5.30. The fourth-order valence-corrected chi connectivity index (χ4v) is 1.02. The lowest BCUT2D eigenvalue weighted by Crippen LogP contribution is -1.90. The highest BCUT2D eigenvalue weighted by molar-refractivity contribution is 5.64. The molecule has 0 unspecified atom stereocenters. The van der Waals surface area contributed by atoms with Gasteiger partial charge in [-0.15, -0.1) is 6.42 Å². The number of nitrogens with zero attached hydrogens (tertiary/aromatic N) is 3. The molecule has 0 aliphatic carbocycles. The molecule has 3 nitrogen and oxygen atoms in total. The predicted octanol–water partition coefficient (Wildman–Crippen LogP) is 1.82. The van der Waals surface area contributed by atoms with E-state index in [1.807, 2.05) is 31.7 Å². The van der Waals surface area contributed by atoms with Crippen LogP contribution < -0.4 is 0 Å². The van der Waals surface area contributed by atoms with Gasteiger partial charge < -0.3 is 4.57 Å². The summed E-state index contributed by atoms with van der Waals surface area (Å²) in [5.74, 6) is 4.17. The van der Waals surface area contributed by atoms with Gasteiger partial charge >= 0.3 is 0 Å². The number of aromatic nitrogens is 2. The van der Waals surface area contributed by atoms with Gasteiger partial charge in [0.2, 0.25) is 0 Å². The van der Waals surface area contributed by atoms with E-state index in [9.17, 15) is 0 Å². The van der Waals surface area contributed by atoms with E-state index in [1.165, 1.54) is 0 Å². The molecule has 0 aliphatic heterocycles. The molecular weight excluding hydrogens is 162 g/mol. The van der Waals surface area contributed by atoms with Gasteiger partial charge in [-0.05, 0) is 19.3 Å². The lowest BCUT2D eigenvalue weighted by Gasteiger charge is -1.96. The van der Waals surface area contributed by atoms with Crippen LogP contribution in [0.1, 0.15) is 24.9 Å². The molecule has 0 spiro atoms. The Hall–Kier alpha value is -1.56. The van der Waals surface area contributed by atoms with Crippen LogP contribution in [0.3, 0.4) is 0 Å². The molecule has 0 fully saturated rings. The van der Waals surface area contributed by atoms with E-state index in [1.54, 1.807) is 0 Å². The minimum atomic E-state index is 0.615. The molecule has 0 radical (unpaired) electrons. The fourth-order valence-electron chi connectivity index (χ4n) is 1.02. The standard InChI is InChI=1S/C10H13N3/c1-5-7-11-10-9(6-2)12-8(3)13(10)4/h2,7H,5H2,1,3-4H3. The quantitative estimate of drug-likeness (QED) is 0.498. The van der Waals surface area contributed by atoms with Gasteiger partial charge in [0.25, 0.3) is 0 Å². The highest BCUT2D eigenvalue weighted by Gasteiger charge is 2.07. The lowest BCUT2D eigenvalue weighted by atomic mass is 10.4. The van der Waals surface area contributed by atoms with Crippen molar-refractivity contribution in [3.8, 4) is 12.3 Å². The number of hydrogen-bond acceptors (Lipinski definition) is 2. The Balaban J connectivity index is 3.18. The average Bonchev–Trinajstić information content (AvgIpc) is 2.40. The second-order valence-corrected chi connectivity index (χ2v) is 2.75. The molecule has 0 saturated carbocycles. The molecule has 0 amide bonds. The Kier molecular flexibility index (Phi) is 2.86. The van der Waals surface area contributed by atoms with Crippen molar-refractivity contribution in [2.24, 2.45) is 12.0 Å². The molecule has 68 valence electrons. The van der Waals surface area contributed by atoms with Crippen molar-refractivity contribution in [3.05, 3.63) is 11.5 Å². The minimum Gasteiger partial charge on any atom is -0.315 e. The zero-order chi connectivity index (χ0) is 9.84. The van der Waals surface area contributed by atoms with Gasteiger partial charge in [0.1, 0.15) is 5.82 Å². The normalized spacial score (nSPS) is 10.6. The van der Waals surface area contributed by atoms with E-state index in [0.29, 0.717) is 5.69 Å². The molecule has 0 atom stereocenters. The lowest BCUT2D eigenvalue weighted by molar-refractivity contribution is 0.858. The summed E-state index contributed by atoms with van der Waals surface area (Å²) in [4.78, 5) is 8.44. The Labute approximate surface area is 78.5 Å². The summed E-state index contributed by atoms with van der Waals surface area (Å²) in [6.07, 6.45) is 8.03. The average molecular weight is 175 g/mol. The Bertz CT molecular complexity index is 366. The van der Waals surface area contributed by atoms with Crippen molar-refractivity contribution in [2.75, 3.05) is 0 Å². The monoisotopic (exact) mass is 175 g/mol. The third-order valence-corrected chi connectivity index (χ3v) is 1.82. The van der Waals surface area contributed by atoms with Crippen molar-refractivity contribution < 1.29 is 0 Å². The highest BCUT2D eigenvalue weighted by atomic mass is 15.1. The van der Waals surface area contributed by atoms with Gasteiger partial charge in [-0.2, -0.15) is 0 Å². The zero-order valence-corrected chi connectivity index (χ0v) is 8.20. The minimum absolute atomic E-state index is 0.615. The van der Waals surface area contributed by atoms with Gasteiger partial charge in [0.05, 0.1) is 0 Å². The molecular formula is C10H13N3. The Morgan fingerprint density at radius 2 is 2.38 bits per heavy atom. The summed E-state index contributed by atoms with van der Waals surface area (Å²) in [7, 11) is 1.91. The second kappa shape index (κ2) is 3.90. The first kappa shape index (κ1) is 9.53. The van der Waals surface area contributed by atoms with E-state index in [2.05, 4.69) is 15.9 Å². The number of rotatable bonds is 2. The summed E-state index contributed by atoms with van der Waals surface area (Å²) in [6, 6.07) is 0. The molecule has 1 aromatic heterocycles. The van der Waals surface area contributed by atoms with E-state index >= 15 is 0 Å². The van der Waals surface area contributed by atoms with Crippen LogP contribution in [-0.2, 0) is 7.05 Å². The third-order valence-electron chi connectivity index (χ3n) is 1.82. The number of aliphatic imine (C=N–C) groups is 1. The second-order valence-electron chi connectivity index (χ2n) is 2.75. The van der Waals surface area contributed by atoms with Crippen LogP contribution in [0.25, 0.3) is 0 Å². The van der Waals surface area contributed by atoms with Crippen LogP contribution in [0, 0.1) is 19.3 Å². The first-order chi connectivity index (χ1) is 6.20. The predicted molar refractivity (Wildman–Crippen MR) is 54.3 cm³/mol. The van der Waals surface area contributed by atoms with Crippen LogP contribution >= 0.6 is 0 Å². The molecule has 0 saturated heterocycles. The van der Waals surface area contributed by atoms with Gasteiger partial charge in [0.15, 0.2) is 11.5 Å². The molecule has 1 rings (SSSR count). The summed E-state index contributed by atoms with van der Waals surface area (Å²) in [6.45, 7) is 3.94. The molecule has 0 N–H and O–H groups in total. The smallest absolute Gasteiger partial charge is 0.168 e. The molecule has 0 bridgehead atoms. The molecule has 13 heavy (non-hydrogen) atoms. The summed E-state index contributed by atoms with van der Waals surface area (Å²) in [5.41, 5.74) is 0.615. The van der Waals surface area contributed by atoms with Gasteiger partial charge in [-0.25, -0.2) is 9.98 Å². The number of imidazole rings is 1. The number of aryl methyl sites for hydroxylation is 1. The maximum Gasteiger partial charge on any atom is 0.168 e. The van der Waals surface area contributed by atoms with Crippen molar-refractivity contribution >= 4 is 12.0 Å². The van der Waals surface area contributed by atoms with Gasteiger partial charge in [-0.1, -0.05) is 6.92 Å². The SMILES string of the molecule is C#Cc1nc(C)n(C)c1N=CCC. The van der Waals surface area contributed by atoms with Gasteiger partial charge in [0, 0.05) is 13.3 Å². The summed E-state index contributed by atoms with van der Waals surface area (Å²) < 4.78 is 1.89. The van der Waals surface area contributed by atoms with Crippen LogP contribution in [0.5, 0.6) is 0 Å². The fraction of sp³-hybridized carbons (Fsp3) is 0.400. The van der Waals surface area contributed by atoms with Crippen molar-refractivity contribution in [3.63, 3.8) is 0 Å². The molecule has 1 aromatic rings. The van der Waals surface area contributed by atoms with Crippen LogP contribution in [-0.4, -0.2) is 15.8 Å². The molecule has 1 heterocycles. The Morgan fingerprint density at radius 1 is 1.69 bits per heavy atom. The van der Waals surface area contributed by atoms with Crippen LogP contribution in [0.2, 0.25) is 0 Å². The maximum atomic E-state index is 5.30. The van der Waals surface area contributed by atoms with Crippen molar-refractivity contribution in [2.45, 2.75) is 20.3 Å². The topological polar surface area (TPSA) is 30.2 Å². The van der Waals surface area contributed by atoms with E-state index < -0.39 is 0 Å². The van der Waals surface area contributed by atoms with E-state index in [0.717, 1.165) is 18.1 Å². The zero-order valence-electron chi connectivity index (χ0n) is 8.20. The first-order valence-corrected chi connectivity index (χ1v) is 4.23. The van der Waals surface area contributed by atoms with Crippen molar-refractivity contribution in [1.29, 1.82) is 0 Å². The Morgan fingerprint density at radius 3 is 2.92 bits per heavy atom. The summed E-state index contributed by atoms with van der Waals surface area (Å²) in [5, 5.41) is 0. The van der Waals surface area contributed by atoms with Gasteiger partial charge in [-0.3, -0.25) is 0 Å². The molecule has 3 heteroatoms. The van der Waals surface area contributed by atoms with E-state index in [-0.39, 0.29) is 0 Å². The number of terminal acetylenes is 1. The molecule has 0 aliphatic rings. The van der Waals surface area contributed by atoms with E-state index in [4.69, 9.17) is 6.42 Å². The number of hydrogen-bond donors (Lipinski definition) is 0. The highest BCUT2D eigenvalue weighted by Crippen LogP contribution is 2.17. The largest absolute Gasteiger partial charge is 0.315 e. The van der Waals surface area contributed by atoms with Crippen LogP contribution in [0.15, 0.2) is 4.99 Å². The molecule has 0 aromatic carbocycles. The first-order valence-electron chi connectivity index (χ1n) is 4.23. The van der Waals surface area contributed by atoms with Crippen molar-refractivity contribution in [1.82, 2.24) is 9.55 Å². The third kappa shape index (κ3) is 1.78. The summed E-state index contributed by atoms with van der Waals surface area (Å²) >= 11 is 0.